The van der Waals surface area contributed by atoms with E-state index in [4.69, 9.17) is 5.84 Å². The Bertz CT molecular complexity index is 409. The molecule has 0 radical (unpaired) electrons. The maximum Gasteiger partial charge on any atom is 0.242 e. The Morgan fingerprint density at radius 3 is 2.61 bits per heavy atom. The smallest absolute Gasteiger partial charge is 0.242 e. The first-order valence-corrected chi connectivity index (χ1v) is 5.98. The van der Waals surface area contributed by atoms with Crippen LogP contribution in [0.1, 0.15) is 26.3 Å². The zero-order valence-corrected chi connectivity index (χ0v) is 10.9. The average molecular weight is 252 g/mol. The number of carbonyl (C=O) groups excluding carboxylic acids is 1. The third kappa shape index (κ3) is 3.30. The number of nitrogens with two attached hydrogens (primary N) is 1. The molecule has 18 heavy (non-hydrogen) atoms. The van der Waals surface area contributed by atoms with E-state index in [0.29, 0.717) is 24.6 Å². The highest BCUT2D eigenvalue weighted by molar-refractivity contribution is 5.84. The standard InChI is InChI=1S/C11H20N6O/c1-4-8-9(14-6-15-10(8)17-12)16-7(3)11(18)13-5-2/h6-7H,4-5,12H2,1-3H3,(H,13,18)(H2,14,15,16,17). The summed E-state index contributed by atoms with van der Waals surface area (Å²) in [7, 11) is 0. The number of hydrogen-bond acceptors (Lipinski definition) is 6. The van der Waals surface area contributed by atoms with Gasteiger partial charge in [-0.3, -0.25) is 4.79 Å². The van der Waals surface area contributed by atoms with Crippen molar-refractivity contribution >= 4 is 17.5 Å². The molecule has 0 aliphatic carbocycles. The molecule has 0 fully saturated rings. The van der Waals surface area contributed by atoms with Crippen LogP contribution in [0.2, 0.25) is 0 Å². The molecule has 0 bridgehead atoms. The summed E-state index contributed by atoms with van der Waals surface area (Å²) in [6.07, 6.45) is 2.12. The molecule has 7 nitrogen and oxygen atoms in total. The highest BCUT2D eigenvalue weighted by Gasteiger charge is 2.15. The molecule has 0 saturated carbocycles. The lowest BCUT2D eigenvalue weighted by Gasteiger charge is -2.17. The summed E-state index contributed by atoms with van der Waals surface area (Å²) in [5.41, 5.74) is 3.38. The van der Waals surface area contributed by atoms with E-state index >= 15 is 0 Å². The fourth-order valence-corrected chi connectivity index (χ4v) is 1.59. The van der Waals surface area contributed by atoms with E-state index in [1.165, 1.54) is 6.33 Å². The molecular weight excluding hydrogens is 232 g/mol. The number of nitrogens with one attached hydrogen (secondary N) is 3. The molecule has 0 saturated heterocycles. The SMILES string of the molecule is CCNC(=O)C(C)Nc1ncnc(NN)c1CC. The Morgan fingerprint density at radius 2 is 2.06 bits per heavy atom. The number of nitrogen functional groups attached to an aromatic ring is 1. The Balaban J connectivity index is 2.87. The zero-order valence-electron chi connectivity index (χ0n) is 10.9. The molecule has 0 aliphatic heterocycles. The van der Waals surface area contributed by atoms with Gasteiger partial charge in [0.15, 0.2) is 0 Å². The third-order valence-corrected chi connectivity index (χ3v) is 2.53. The number of hydrogen-bond donors (Lipinski definition) is 4. The van der Waals surface area contributed by atoms with Gasteiger partial charge in [-0.15, -0.1) is 0 Å². The largest absolute Gasteiger partial charge is 0.358 e. The molecular formula is C11H20N6O. The van der Waals surface area contributed by atoms with Gasteiger partial charge in [0.2, 0.25) is 5.91 Å². The van der Waals surface area contributed by atoms with E-state index in [0.717, 1.165) is 5.56 Å². The molecule has 0 spiro atoms. The summed E-state index contributed by atoms with van der Waals surface area (Å²) in [6, 6.07) is -0.365. The number of rotatable bonds is 6. The molecule has 5 N–H and O–H groups in total. The molecule has 1 aromatic heterocycles. The average Bonchev–Trinajstić information content (AvgIpc) is 2.38. The highest BCUT2D eigenvalue weighted by Crippen LogP contribution is 2.20. The fraction of sp³-hybridized carbons (Fsp3) is 0.545. The monoisotopic (exact) mass is 252 g/mol. The van der Waals surface area contributed by atoms with Crippen molar-refractivity contribution in [3.8, 4) is 0 Å². The minimum absolute atomic E-state index is 0.0691. The van der Waals surface area contributed by atoms with Gasteiger partial charge in [-0.2, -0.15) is 0 Å². The van der Waals surface area contributed by atoms with Crippen LogP contribution in [0, 0.1) is 0 Å². The normalized spacial score (nSPS) is 11.8. The van der Waals surface area contributed by atoms with Crippen LogP contribution in [0.25, 0.3) is 0 Å². The molecule has 1 aromatic rings. The van der Waals surface area contributed by atoms with Crippen molar-refractivity contribution in [1.29, 1.82) is 0 Å². The molecule has 7 heteroatoms. The quantitative estimate of drug-likeness (QED) is 0.427. The van der Waals surface area contributed by atoms with Crippen LogP contribution in [0.5, 0.6) is 0 Å². The van der Waals surface area contributed by atoms with E-state index in [9.17, 15) is 4.79 Å². The molecule has 0 aromatic carbocycles. The van der Waals surface area contributed by atoms with Crippen molar-refractivity contribution in [3.05, 3.63) is 11.9 Å². The number of aromatic nitrogens is 2. The zero-order chi connectivity index (χ0) is 13.5. The molecule has 0 aliphatic rings. The maximum absolute atomic E-state index is 11.6. The Kier molecular flexibility index (Phi) is 5.31. The topological polar surface area (TPSA) is 105 Å². The van der Waals surface area contributed by atoms with Gasteiger partial charge >= 0.3 is 0 Å². The number of amides is 1. The highest BCUT2D eigenvalue weighted by atomic mass is 16.2. The van der Waals surface area contributed by atoms with Crippen LogP contribution in [0.15, 0.2) is 6.33 Å². The van der Waals surface area contributed by atoms with E-state index in [1.54, 1.807) is 6.92 Å². The van der Waals surface area contributed by atoms with E-state index in [2.05, 4.69) is 26.0 Å². The lowest BCUT2D eigenvalue weighted by Crippen LogP contribution is -2.37. The molecule has 1 rings (SSSR count). The van der Waals surface area contributed by atoms with Gasteiger partial charge in [-0.1, -0.05) is 6.92 Å². The number of likely N-dealkylation sites (N-methyl/N-ethyl adjacent to an activating group) is 1. The van der Waals surface area contributed by atoms with Crippen LogP contribution < -0.4 is 21.9 Å². The van der Waals surface area contributed by atoms with Gasteiger partial charge in [0.1, 0.15) is 24.0 Å². The van der Waals surface area contributed by atoms with Gasteiger partial charge in [0.25, 0.3) is 0 Å². The van der Waals surface area contributed by atoms with Crippen LogP contribution in [-0.4, -0.2) is 28.5 Å². The van der Waals surface area contributed by atoms with Crippen molar-refractivity contribution in [1.82, 2.24) is 15.3 Å². The van der Waals surface area contributed by atoms with Gasteiger partial charge in [-0.25, -0.2) is 15.8 Å². The van der Waals surface area contributed by atoms with Crippen molar-refractivity contribution in [2.75, 3.05) is 17.3 Å². The minimum atomic E-state index is -0.365. The van der Waals surface area contributed by atoms with E-state index in [-0.39, 0.29) is 11.9 Å². The predicted octanol–water partition coefficient (Wildman–Crippen LogP) is 0.261. The first-order valence-electron chi connectivity index (χ1n) is 5.98. The summed E-state index contributed by atoms with van der Waals surface area (Å²) in [6.45, 7) is 6.23. The van der Waals surface area contributed by atoms with E-state index in [1.807, 2.05) is 13.8 Å². The first kappa shape index (κ1) is 14.2. The molecule has 1 amide bonds. The molecule has 1 heterocycles. The summed E-state index contributed by atoms with van der Waals surface area (Å²) < 4.78 is 0. The Hall–Kier alpha value is -1.89. The second kappa shape index (κ2) is 6.75. The van der Waals surface area contributed by atoms with Crippen molar-refractivity contribution < 1.29 is 4.79 Å². The van der Waals surface area contributed by atoms with Crippen LogP contribution in [0.3, 0.4) is 0 Å². The summed E-state index contributed by atoms with van der Waals surface area (Å²) >= 11 is 0. The third-order valence-electron chi connectivity index (χ3n) is 2.53. The van der Waals surface area contributed by atoms with Gasteiger partial charge in [0, 0.05) is 12.1 Å². The van der Waals surface area contributed by atoms with Crippen LogP contribution >= 0.6 is 0 Å². The maximum atomic E-state index is 11.6. The second-order valence-corrected chi connectivity index (χ2v) is 3.81. The molecule has 100 valence electrons. The second-order valence-electron chi connectivity index (χ2n) is 3.81. The van der Waals surface area contributed by atoms with Crippen LogP contribution in [0.4, 0.5) is 11.6 Å². The van der Waals surface area contributed by atoms with Gasteiger partial charge in [0.05, 0.1) is 0 Å². The minimum Gasteiger partial charge on any atom is -0.358 e. The van der Waals surface area contributed by atoms with Crippen molar-refractivity contribution in [2.45, 2.75) is 33.2 Å². The van der Waals surface area contributed by atoms with Gasteiger partial charge < -0.3 is 16.1 Å². The predicted molar refractivity (Wildman–Crippen MR) is 71.0 cm³/mol. The fourth-order valence-electron chi connectivity index (χ4n) is 1.59. The number of carbonyl (C=O) groups is 1. The number of hydrazine groups is 1. The molecule has 1 atom stereocenters. The lowest BCUT2D eigenvalue weighted by atomic mass is 10.2. The summed E-state index contributed by atoms with van der Waals surface area (Å²) in [5, 5.41) is 5.81. The van der Waals surface area contributed by atoms with E-state index < -0.39 is 0 Å². The van der Waals surface area contributed by atoms with Gasteiger partial charge in [-0.05, 0) is 20.3 Å². The summed E-state index contributed by atoms with van der Waals surface area (Å²) in [5.74, 6) is 6.51. The lowest BCUT2D eigenvalue weighted by molar-refractivity contribution is -0.121. The number of anilines is 2. The van der Waals surface area contributed by atoms with Crippen LogP contribution in [-0.2, 0) is 11.2 Å². The van der Waals surface area contributed by atoms with Crippen molar-refractivity contribution in [3.63, 3.8) is 0 Å². The van der Waals surface area contributed by atoms with Crippen molar-refractivity contribution in [2.24, 2.45) is 5.84 Å². The molecule has 1 unspecified atom stereocenters. The Morgan fingerprint density at radius 1 is 1.39 bits per heavy atom. The Labute approximate surface area is 107 Å². The summed E-state index contributed by atoms with van der Waals surface area (Å²) in [4.78, 5) is 19.8. The first-order chi connectivity index (χ1) is 8.63. The number of nitrogens with zero attached hydrogens (tertiary/aromatic N) is 2.